The van der Waals surface area contributed by atoms with Crippen molar-refractivity contribution in [2.75, 3.05) is 13.1 Å². The van der Waals surface area contributed by atoms with E-state index in [0.717, 1.165) is 25.3 Å². The third-order valence-electron chi connectivity index (χ3n) is 4.72. The summed E-state index contributed by atoms with van der Waals surface area (Å²) in [5, 5.41) is 10.0. The molecule has 0 spiro atoms. The van der Waals surface area contributed by atoms with Crippen molar-refractivity contribution in [2.45, 2.75) is 51.0 Å². The van der Waals surface area contributed by atoms with Gasteiger partial charge in [0.05, 0.1) is 11.4 Å². The van der Waals surface area contributed by atoms with E-state index in [-0.39, 0.29) is 5.41 Å². The molecule has 0 radical (unpaired) electrons. The first kappa shape index (κ1) is 15.0. The number of H-pyrrole nitrogens is 1. The molecule has 0 atom stereocenters. The van der Waals surface area contributed by atoms with Gasteiger partial charge in [-0.25, -0.2) is 13.1 Å². The van der Waals surface area contributed by atoms with Crippen LogP contribution in [0.25, 0.3) is 0 Å². The summed E-state index contributed by atoms with van der Waals surface area (Å²) in [5.74, 6) is 0.742. The van der Waals surface area contributed by atoms with E-state index in [1.807, 2.05) is 6.92 Å². The van der Waals surface area contributed by atoms with Gasteiger partial charge in [0.25, 0.3) is 0 Å². The normalized spacial score (nSPS) is 20.7. The summed E-state index contributed by atoms with van der Waals surface area (Å²) in [5.41, 5.74) is 1.43. The Morgan fingerprint density at radius 1 is 1.38 bits per heavy atom. The highest BCUT2D eigenvalue weighted by Crippen LogP contribution is 2.60. The maximum absolute atomic E-state index is 12.6. The fourth-order valence-corrected chi connectivity index (χ4v) is 4.58. The van der Waals surface area contributed by atoms with E-state index in [4.69, 9.17) is 0 Å². The number of hydrogen-bond acceptors (Lipinski definition) is 4. The number of hydrogen-bond donors (Lipinski definition) is 3. The Bertz CT molecular complexity index is 615. The maximum atomic E-state index is 12.6. The minimum atomic E-state index is -3.49. The highest BCUT2D eigenvalue weighted by atomic mass is 32.2. The van der Waals surface area contributed by atoms with E-state index in [1.165, 1.54) is 12.8 Å². The highest BCUT2D eigenvalue weighted by Gasteiger charge is 2.53. The predicted octanol–water partition coefficient (Wildman–Crippen LogP) is 1.30. The Hall–Kier alpha value is -0.920. The monoisotopic (exact) mass is 312 g/mol. The molecule has 118 valence electrons. The van der Waals surface area contributed by atoms with E-state index in [1.54, 1.807) is 6.92 Å². The van der Waals surface area contributed by atoms with Crippen molar-refractivity contribution < 1.29 is 8.42 Å². The summed E-state index contributed by atoms with van der Waals surface area (Å²) in [4.78, 5) is 0.315. The van der Waals surface area contributed by atoms with Crippen LogP contribution in [0.4, 0.5) is 0 Å². The van der Waals surface area contributed by atoms with E-state index in [2.05, 4.69) is 20.2 Å². The Labute approximate surface area is 126 Å². The van der Waals surface area contributed by atoms with Gasteiger partial charge in [0.1, 0.15) is 4.90 Å². The third kappa shape index (κ3) is 3.00. The van der Waals surface area contributed by atoms with Crippen LogP contribution in [0.5, 0.6) is 0 Å². The van der Waals surface area contributed by atoms with Crippen LogP contribution in [0.15, 0.2) is 4.90 Å². The molecule has 3 N–H and O–H groups in total. The lowest BCUT2D eigenvalue weighted by atomic mass is 10.0. The summed E-state index contributed by atoms with van der Waals surface area (Å²) in [7, 11) is -3.49. The first-order chi connectivity index (χ1) is 9.98. The van der Waals surface area contributed by atoms with E-state index in [9.17, 15) is 8.42 Å². The minimum absolute atomic E-state index is 0.256. The summed E-state index contributed by atoms with van der Waals surface area (Å²) >= 11 is 0. The van der Waals surface area contributed by atoms with Crippen LogP contribution in [-0.2, 0) is 16.6 Å². The lowest BCUT2D eigenvalue weighted by Crippen LogP contribution is -2.32. The molecule has 0 unspecified atom stereocenters. The van der Waals surface area contributed by atoms with Gasteiger partial charge in [0, 0.05) is 13.1 Å². The highest BCUT2D eigenvalue weighted by molar-refractivity contribution is 7.89. The zero-order valence-corrected chi connectivity index (χ0v) is 13.5. The molecule has 0 aromatic carbocycles. The van der Waals surface area contributed by atoms with Crippen LogP contribution in [0.3, 0.4) is 0 Å². The zero-order chi connectivity index (χ0) is 15.1. The van der Waals surface area contributed by atoms with Crippen molar-refractivity contribution in [1.82, 2.24) is 20.2 Å². The Morgan fingerprint density at radius 2 is 2.10 bits per heavy atom. The number of aromatic nitrogens is 2. The smallest absolute Gasteiger partial charge is 0.244 e. The SMILES string of the molecule is CCNCc1n[nH]c(C)c1S(=O)(=O)NCC1(C2CC2)CC1. The Balaban J connectivity index is 1.73. The molecule has 6 nitrogen and oxygen atoms in total. The first-order valence-corrected chi connectivity index (χ1v) is 9.21. The average molecular weight is 312 g/mol. The second-order valence-corrected chi connectivity index (χ2v) is 8.07. The van der Waals surface area contributed by atoms with Gasteiger partial charge in [-0.1, -0.05) is 6.92 Å². The summed E-state index contributed by atoms with van der Waals surface area (Å²) in [6.45, 7) is 5.56. The van der Waals surface area contributed by atoms with Crippen molar-refractivity contribution in [2.24, 2.45) is 11.3 Å². The van der Waals surface area contributed by atoms with Crippen LogP contribution in [0.1, 0.15) is 44.0 Å². The molecule has 3 rings (SSSR count). The van der Waals surface area contributed by atoms with Gasteiger partial charge >= 0.3 is 0 Å². The van der Waals surface area contributed by atoms with Gasteiger partial charge in [-0.3, -0.25) is 5.10 Å². The molecular weight excluding hydrogens is 288 g/mol. The molecule has 7 heteroatoms. The summed E-state index contributed by atoms with van der Waals surface area (Å²) < 4.78 is 28.1. The summed E-state index contributed by atoms with van der Waals surface area (Å²) in [6, 6.07) is 0. The second-order valence-electron chi connectivity index (χ2n) is 6.37. The Kier molecular flexibility index (Phi) is 3.83. The minimum Gasteiger partial charge on any atom is -0.311 e. The van der Waals surface area contributed by atoms with Crippen LogP contribution in [0.2, 0.25) is 0 Å². The molecule has 21 heavy (non-hydrogen) atoms. The van der Waals surface area contributed by atoms with Gasteiger partial charge in [-0.05, 0) is 50.5 Å². The largest absolute Gasteiger partial charge is 0.311 e. The fourth-order valence-electron chi connectivity index (χ4n) is 3.09. The number of aryl methyl sites for hydroxylation is 1. The van der Waals surface area contributed by atoms with E-state index < -0.39 is 10.0 Å². The van der Waals surface area contributed by atoms with E-state index >= 15 is 0 Å². The molecular formula is C14H24N4O2S. The van der Waals surface area contributed by atoms with Crippen LogP contribution >= 0.6 is 0 Å². The number of aromatic amines is 1. The quantitative estimate of drug-likeness (QED) is 0.675. The molecule has 1 aromatic heterocycles. The van der Waals surface area contributed by atoms with Crippen molar-refractivity contribution in [1.29, 1.82) is 0 Å². The summed E-state index contributed by atoms with van der Waals surface area (Å²) in [6.07, 6.45) is 4.85. The van der Waals surface area contributed by atoms with Gasteiger partial charge in [-0.15, -0.1) is 0 Å². The molecule has 1 aromatic rings. The van der Waals surface area contributed by atoms with Crippen LogP contribution in [0, 0.1) is 18.3 Å². The van der Waals surface area contributed by atoms with Gasteiger partial charge in [0.2, 0.25) is 10.0 Å². The van der Waals surface area contributed by atoms with Crippen LogP contribution < -0.4 is 10.0 Å². The van der Waals surface area contributed by atoms with Crippen molar-refractivity contribution >= 4 is 10.0 Å². The zero-order valence-electron chi connectivity index (χ0n) is 12.7. The average Bonchev–Trinajstić information content (AvgIpc) is 3.32. The lowest BCUT2D eigenvalue weighted by molar-refractivity contribution is 0.431. The van der Waals surface area contributed by atoms with Crippen molar-refractivity contribution in [3.8, 4) is 0 Å². The lowest BCUT2D eigenvalue weighted by Gasteiger charge is -2.15. The van der Waals surface area contributed by atoms with Gasteiger partial charge < -0.3 is 5.32 Å². The topological polar surface area (TPSA) is 86.9 Å². The molecule has 1 heterocycles. The molecule has 2 saturated carbocycles. The second kappa shape index (κ2) is 5.37. The number of nitrogens with one attached hydrogen (secondary N) is 3. The molecule has 0 amide bonds. The third-order valence-corrected chi connectivity index (χ3v) is 6.33. The number of sulfonamides is 1. The standard InChI is InChI=1S/C14H24N4O2S/c1-3-15-8-12-13(10(2)17-18-12)21(19,20)16-9-14(6-7-14)11-4-5-11/h11,15-16H,3-9H2,1-2H3,(H,17,18). The predicted molar refractivity (Wildman–Crippen MR) is 80.3 cm³/mol. The van der Waals surface area contributed by atoms with Gasteiger partial charge in [-0.2, -0.15) is 5.10 Å². The number of nitrogens with zero attached hydrogens (tertiary/aromatic N) is 1. The van der Waals surface area contributed by atoms with Crippen molar-refractivity contribution in [3.05, 3.63) is 11.4 Å². The molecule has 2 aliphatic carbocycles. The molecule has 2 aliphatic rings. The number of rotatable bonds is 8. The Morgan fingerprint density at radius 3 is 2.67 bits per heavy atom. The first-order valence-electron chi connectivity index (χ1n) is 7.73. The van der Waals surface area contributed by atoms with Crippen molar-refractivity contribution in [3.63, 3.8) is 0 Å². The molecule has 0 saturated heterocycles. The maximum Gasteiger partial charge on any atom is 0.244 e. The van der Waals surface area contributed by atoms with E-state index in [0.29, 0.717) is 29.4 Å². The molecule has 2 fully saturated rings. The van der Waals surface area contributed by atoms with Crippen LogP contribution in [-0.4, -0.2) is 31.7 Å². The van der Waals surface area contributed by atoms with Gasteiger partial charge in [0.15, 0.2) is 0 Å². The fraction of sp³-hybridized carbons (Fsp3) is 0.786. The molecule has 0 aliphatic heterocycles. The molecule has 0 bridgehead atoms.